The molecule has 1 unspecified atom stereocenters. The van der Waals surface area contributed by atoms with Crippen LogP contribution in [0, 0.1) is 0 Å². The Kier molecular flexibility index (Phi) is 3.76. The van der Waals surface area contributed by atoms with Gasteiger partial charge in [0.05, 0.1) is 12.1 Å². The number of piperidine rings is 1. The number of aliphatic hydroxyl groups is 1. The van der Waals surface area contributed by atoms with Crippen molar-refractivity contribution in [1.82, 2.24) is 9.80 Å². The van der Waals surface area contributed by atoms with Gasteiger partial charge < -0.3 is 10.0 Å². The van der Waals surface area contributed by atoms with Crippen LogP contribution in [0.15, 0.2) is 24.3 Å². The minimum Gasteiger partial charge on any atom is -0.387 e. The van der Waals surface area contributed by atoms with Gasteiger partial charge in [0.2, 0.25) is 6.41 Å². The quantitative estimate of drug-likeness (QED) is 0.837. The third-order valence-electron chi connectivity index (χ3n) is 4.46. The molecule has 0 radical (unpaired) electrons. The van der Waals surface area contributed by atoms with Crippen LogP contribution in [0.5, 0.6) is 0 Å². The number of hydrogen-bond acceptors (Lipinski definition) is 3. The zero-order chi connectivity index (χ0) is 14.0. The summed E-state index contributed by atoms with van der Waals surface area (Å²) in [5.41, 5.74) is 2.05. The van der Waals surface area contributed by atoms with Crippen molar-refractivity contribution < 1.29 is 9.90 Å². The molecule has 1 fully saturated rings. The van der Waals surface area contributed by atoms with Crippen LogP contribution >= 0.6 is 0 Å². The highest BCUT2D eigenvalue weighted by Gasteiger charge is 2.35. The number of benzene rings is 1. The van der Waals surface area contributed by atoms with Crippen LogP contribution in [0.25, 0.3) is 0 Å². The molecule has 1 aromatic rings. The summed E-state index contributed by atoms with van der Waals surface area (Å²) in [6.45, 7) is 3.79. The molecule has 1 N–H and O–H groups in total. The van der Waals surface area contributed by atoms with E-state index >= 15 is 0 Å². The lowest BCUT2D eigenvalue weighted by Crippen LogP contribution is -2.54. The summed E-state index contributed by atoms with van der Waals surface area (Å²) in [5.74, 6) is 0. The first-order chi connectivity index (χ1) is 9.68. The lowest BCUT2D eigenvalue weighted by atomic mass is 9.91. The summed E-state index contributed by atoms with van der Waals surface area (Å²) >= 11 is 0. The maximum Gasteiger partial charge on any atom is 0.209 e. The molecular formula is C16H22N2O2. The Labute approximate surface area is 120 Å². The fourth-order valence-corrected chi connectivity index (χ4v) is 3.47. The standard InChI is InChI=1S/C16H22N2O2/c19-13-18-8-3-7-16(20,12-18)11-17-9-6-14-4-1-2-5-15(14)10-17/h1-2,4-5,13,20H,3,6-12H2. The van der Waals surface area contributed by atoms with Gasteiger partial charge in [0.1, 0.15) is 0 Å². The lowest BCUT2D eigenvalue weighted by molar-refractivity contribution is -0.126. The number of carbonyl (C=O) groups is 1. The van der Waals surface area contributed by atoms with E-state index in [0.717, 1.165) is 45.3 Å². The number of hydrogen-bond donors (Lipinski definition) is 1. The molecule has 2 aliphatic rings. The molecule has 2 heterocycles. The van der Waals surface area contributed by atoms with Gasteiger partial charge in [-0.2, -0.15) is 0 Å². The number of rotatable bonds is 3. The number of nitrogens with zero attached hydrogens (tertiary/aromatic N) is 2. The molecule has 2 aliphatic heterocycles. The van der Waals surface area contributed by atoms with Gasteiger partial charge in [-0.15, -0.1) is 0 Å². The van der Waals surface area contributed by atoms with Gasteiger partial charge in [0.25, 0.3) is 0 Å². The lowest BCUT2D eigenvalue weighted by Gasteiger charge is -2.41. The van der Waals surface area contributed by atoms with Gasteiger partial charge in [-0.25, -0.2) is 0 Å². The van der Waals surface area contributed by atoms with Crippen LogP contribution in [0.4, 0.5) is 0 Å². The Hall–Kier alpha value is -1.39. The van der Waals surface area contributed by atoms with E-state index in [9.17, 15) is 9.90 Å². The van der Waals surface area contributed by atoms with Gasteiger partial charge in [-0.1, -0.05) is 24.3 Å². The molecule has 1 aromatic carbocycles. The molecule has 0 spiro atoms. The maximum absolute atomic E-state index is 10.9. The largest absolute Gasteiger partial charge is 0.387 e. The van der Waals surface area contributed by atoms with E-state index < -0.39 is 5.60 Å². The molecule has 1 atom stereocenters. The molecule has 0 saturated carbocycles. The molecule has 108 valence electrons. The van der Waals surface area contributed by atoms with E-state index in [-0.39, 0.29) is 0 Å². The Balaban J connectivity index is 1.65. The van der Waals surface area contributed by atoms with Crippen LogP contribution in [0.3, 0.4) is 0 Å². The van der Waals surface area contributed by atoms with Gasteiger partial charge >= 0.3 is 0 Å². The summed E-state index contributed by atoms with van der Waals surface area (Å²) in [6.07, 6.45) is 3.58. The second kappa shape index (κ2) is 5.54. The number of carbonyl (C=O) groups excluding carboxylic acids is 1. The monoisotopic (exact) mass is 274 g/mol. The second-order valence-corrected chi connectivity index (χ2v) is 6.13. The Bertz CT molecular complexity index is 491. The van der Waals surface area contributed by atoms with Crippen LogP contribution in [0.2, 0.25) is 0 Å². The first kappa shape index (κ1) is 13.6. The third-order valence-corrected chi connectivity index (χ3v) is 4.46. The Morgan fingerprint density at radius 3 is 2.85 bits per heavy atom. The Morgan fingerprint density at radius 2 is 2.05 bits per heavy atom. The normalized spacial score (nSPS) is 27.1. The summed E-state index contributed by atoms with van der Waals surface area (Å²) < 4.78 is 0. The molecule has 1 amide bonds. The zero-order valence-corrected chi connectivity index (χ0v) is 11.8. The maximum atomic E-state index is 10.9. The van der Waals surface area contributed by atoms with E-state index in [2.05, 4.69) is 29.2 Å². The summed E-state index contributed by atoms with van der Waals surface area (Å²) in [4.78, 5) is 14.9. The summed E-state index contributed by atoms with van der Waals surface area (Å²) in [5, 5.41) is 10.7. The minimum absolute atomic E-state index is 0.467. The van der Waals surface area contributed by atoms with Crippen LogP contribution in [-0.2, 0) is 17.8 Å². The average Bonchev–Trinajstić information content (AvgIpc) is 2.46. The molecule has 3 rings (SSSR count). The van der Waals surface area contributed by atoms with Gasteiger partial charge in [0, 0.05) is 26.2 Å². The van der Waals surface area contributed by atoms with Crippen molar-refractivity contribution >= 4 is 6.41 Å². The predicted octanol–water partition coefficient (Wildman–Crippen LogP) is 1.03. The average molecular weight is 274 g/mol. The topological polar surface area (TPSA) is 43.8 Å². The predicted molar refractivity (Wildman–Crippen MR) is 77.2 cm³/mol. The second-order valence-electron chi connectivity index (χ2n) is 6.13. The van der Waals surface area contributed by atoms with Crippen molar-refractivity contribution in [3.63, 3.8) is 0 Å². The van der Waals surface area contributed by atoms with Crippen molar-refractivity contribution in [3.05, 3.63) is 35.4 Å². The molecule has 4 heteroatoms. The fraction of sp³-hybridized carbons (Fsp3) is 0.562. The number of fused-ring (bicyclic) bond motifs is 1. The summed E-state index contributed by atoms with van der Waals surface area (Å²) in [6, 6.07) is 8.52. The first-order valence-corrected chi connectivity index (χ1v) is 7.39. The summed E-state index contributed by atoms with van der Waals surface area (Å²) in [7, 11) is 0. The molecule has 0 bridgehead atoms. The smallest absolute Gasteiger partial charge is 0.209 e. The van der Waals surface area contributed by atoms with Crippen LogP contribution in [0.1, 0.15) is 24.0 Å². The van der Waals surface area contributed by atoms with Crippen molar-refractivity contribution in [2.45, 2.75) is 31.4 Å². The van der Waals surface area contributed by atoms with E-state index in [1.54, 1.807) is 4.90 Å². The highest BCUT2D eigenvalue weighted by Crippen LogP contribution is 2.25. The van der Waals surface area contributed by atoms with Gasteiger partial charge in [-0.05, 0) is 30.4 Å². The van der Waals surface area contributed by atoms with E-state index in [1.807, 2.05) is 0 Å². The third kappa shape index (κ3) is 2.86. The zero-order valence-electron chi connectivity index (χ0n) is 11.8. The SMILES string of the molecule is O=CN1CCCC(O)(CN2CCc3ccccc3C2)C1. The van der Waals surface area contributed by atoms with E-state index in [1.165, 1.54) is 11.1 Å². The van der Waals surface area contributed by atoms with Crippen molar-refractivity contribution in [1.29, 1.82) is 0 Å². The molecule has 0 aliphatic carbocycles. The number of β-amino-alcohol motifs (C(OH)–C–C–N with tert-alkyl or cyclic N) is 1. The first-order valence-electron chi connectivity index (χ1n) is 7.39. The highest BCUT2D eigenvalue weighted by molar-refractivity contribution is 5.47. The van der Waals surface area contributed by atoms with Gasteiger partial charge in [0.15, 0.2) is 0 Å². The number of amides is 1. The van der Waals surface area contributed by atoms with Gasteiger partial charge in [-0.3, -0.25) is 9.69 Å². The van der Waals surface area contributed by atoms with Crippen molar-refractivity contribution in [2.24, 2.45) is 0 Å². The van der Waals surface area contributed by atoms with E-state index in [0.29, 0.717) is 13.1 Å². The molecule has 20 heavy (non-hydrogen) atoms. The number of likely N-dealkylation sites (tertiary alicyclic amines) is 1. The minimum atomic E-state index is -0.745. The molecule has 1 saturated heterocycles. The molecular weight excluding hydrogens is 252 g/mol. The van der Waals surface area contributed by atoms with Crippen LogP contribution < -0.4 is 0 Å². The molecule has 0 aromatic heterocycles. The van der Waals surface area contributed by atoms with E-state index in [4.69, 9.17) is 0 Å². The van der Waals surface area contributed by atoms with Crippen LogP contribution in [-0.4, -0.2) is 53.1 Å². The fourth-order valence-electron chi connectivity index (χ4n) is 3.47. The highest BCUT2D eigenvalue weighted by atomic mass is 16.3. The Morgan fingerprint density at radius 1 is 1.25 bits per heavy atom. The molecule has 4 nitrogen and oxygen atoms in total. The van der Waals surface area contributed by atoms with Crippen molar-refractivity contribution in [2.75, 3.05) is 26.2 Å². The van der Waals surface area contributed by atoms with Crippen molar-refractivity contribution in [3.8, 4) is 0 Å².